The summed E-state index contributed by atoms with van der Waals surface area (Å²) in [5.74, 6) is -1.97. The molecule has 0 radical (unpaired) electrons. The summed E-state index contributed by atoms with van der Waals surface area (Å²) >= 11 is 7.68. The Morgan fingerprint density at radius 1 is 1.14 bits per heavy atom. The first-order valence-electron chi connectivity index (χ1n) is 8.81. The van der Waals surface area contributed by atoms with Gasteiger partial charge in [0.2, 0.25) is 0 Å². The third-order valence-electron chi connectivity index (χ3n) is 4.61. The Labute approximate surface area is 170 Å². The van der Waals surface area contributed by atoms with Crippen molar-refractivity contribution in [2.75, 3.05) is 13.1 Å². The van der Waals surface area contributed by atoms with Gasteiger partial charge in [-0.05, 0) is 61.1 Å². The quantitative estimate of drug-likeness (QED) is 0.596. The number of nitrogens with zero attached hydrogens (tertiary/aromatic N) is 1. The molecule has 0 aromatic heterocycles. The number of carbonyl (C=O) groups is 1. The largest absolute Gasteiger partial charge is 0.492 e. The number of aryl methyl sites for hydroxylation is 1. The molecule has 0 atom stereocenters. The van der Waals surface area contributed by atoms with Gasteiger partial charge in [0.25, 0.3) is 0 Å². The van der Waals surface area contributed by atoms with Gasteiger partial charge in [-0.3, -0.25) is 0 Å². The van der Waals surface area contributed by atoms with E-state index in [0.717, 1.165) is 26.0 Å². The fraction of sp³-hybridized carbons (Fsp3) is 0.350. The van der Waals surface area contributed by atoms with Gasteiger partial charge in [0.1, 0.15) is 0 Å². The van der Waals surface area contributed by atoms with Gasteiger partial charge in [-0.25, -0.2) is 4.79 Å². The Morgan fingerprint density at radius 3 is 2.46 bits per heavy atom. The van der Waals surface area contributed by atoms with E-state index in [4.69, 9.17) is 11.6 Å². The molecule has 0 amide bonds. The first kappa shape index (κ1) is 21.0. The molecule has 1 fully saturated rings. The number of hydrogen-bond acceptors (Lipinski definition) is 4. The zero-order chi connectivity index (χ0) is 20.3. The number of hydroxylamine groups is 2. The second-order valence-corrected chi connectivity index (χ2v) is 8.15. The molecule has 150 valence electrons. The van der Waals surface area contributed by atoms with Crippen LogP contribution in [-0.4, -0.2) is 30.3 Å². The summed E-state index contributed by atoms with van der Waals surface area (Å²) in [5.41, 5.74) is 2.24. The van der Waals surface area contributed by atoms with E-state index in [1.165, 1.54) is 0 Å². The third kappa shape index (κ3) is 5.21. The predicted octanol–water partition coefficient (Wildman–Crippen LogP) is 6.00. The minimum Gasteiger partial charge on any atom is -0.361 e. The summed E-state index contributed by atoms with van der Waals surface area (Å²) in [6.07, 6.45) is -3.75. The zero-order valence-electron chi connectivity index (χ0n) is 15.1. The molecule has 0 unspecified atom stereocenters. The van der Waals surface area contributed by atoms with Crippen molar-refractivity contribution in [1.82, 2.24) is 5.06 Å². The first-order valence-corrected chi connectivity index (χ1v) is 10.0. The zero-order valence-corrected chi connectivity index (χ0v) is 16.7. The summed E-state index contributed by atoms with van der Waals surface area (Å²) < 4.78 is 37.1. The van der Waals surface area contributed by atoms with E-state index in [2.05, 4.69) is 10.9 Å². The molecule has 2 aromatic rings. The van der Waals surface area contributed by atoms with Crippen molar-refractivity contribution in [2.24, 2.45) is 0 Å². The maximum Gasteiger partial charge on any atom is 0.492 e. The van der Waals surface area contributed by atoms with Crippen LogP contribution in [0.2, 0.25) is 5.02 Å². The number of halogens is 4. The van der Waals surface area contributed by atoms with Crippen molar-refractivity contribution in [3.63, 3.8) is 0 Å². The normalized spacial score (nSPS) is 16.2. The number of carbonyl (C=O) groups excluding carboxylic acids is 1. The summed E-state index contributed by atoms with van der Waals surface area (Å²) in [5, 5.41) is 1.79. The lowest BCUT2D eigenvalue weighted by atomic mass is 9.90. The Hall–Kier alpha value is -1.70. The van der Waals surface area contributed by atoms with Gasteiger partial charge in [0.05, 0.1) is 0 Å². The topological polar surface area (TPSA) is 29.5 Å². The van der Waals surface area contributed by atoms with E-state index in [-0.39, 0.29) is 19.0 Å². The first-order chi connectivity index (χ1) is 13.2. The van der Waals surface area contributed by atoms with E-state index in [9.17, 15) is 18.0 Å². The molecule has 2 aromatic carbocycles. The lowest BCUT2D eigenvalue weighted by Crippen LogP contribution is -2.39. The molecular weight excluding hydrogens is 411 g/mol. The van der Waals surface area contributed by atoms with Gasteiger partial charge < -0.3 is 4.84 Å². The van der Waals surface area contributed by atoms with Crippen LogP contribution in [0.5, 0.6) is 0 Å². The smallest absolute Gasteiger partial charge is 0.361 e. The summed E-state index contributed by atoms with van der Waals surface area (Å²) in [6.45, 7) is 2.54. The molecule has 3 rings (SSSR count). The standard InChI is InChI=1S/C20H19ClF3NO2S/c1-13-12-15(21)6-7-17(13)28-18-5-3-2-4-16(18)14-8-10-25(11-9-14)27-19(26)20(22,23)24/h2-7,12,14H,8-11H2,1H3. The van der Waals surface area contributed by atoms with Gasteiger partial charge in [-0.2, -0.15) is 13.2 Å². The van der Waals surface area contributed by atoms with Gasteiger partial charge in [-0.1, -0.05) is 41.6 Å². The molecular formula is C20H19ClF3NO2S. The number of benzene rings is 2. The fourth-order valence-electron chi connectivity index (χ4n) is 3.18. The van der Waals surface area contributed by atoms with Gasteiger partial charge >= 0.3 is 12.1 Å². The highest BCUT2D eigenvalue weighted by Crippen LogP contribution is 2.39. The van der Waals surface area contributed by atoms with Crippen LogP contribution in [0.1, 0.15) is 29.9 Å². The molecule has 8 heteroatoms. The molecule has 1 heterocycles. The molecule has 1 aliphatic heterocycles. The Morgan fingerprint density at radius 2 is 1.82 bits per heavy atom. The number of rotatable bonds is 4. The van der Waals surface area contributed by atoms with E-state index in [1.54, 1.807) is 11.8 Å². The maximum absolute atomic E-state index is 12.4. The summed E-state index contributed by atoms with van der Waals surface area (Å²) in [4.78, 5) is 17.7. The van der Waals surface area contributed by atoms with Gasteiger partial charge in [0, 0.05) is 27.9 Å². The molecule has 3 nitrogen and oxygen atoms in total. The van der Waals surface area contributed by atoms with Crippen LogP contribution < -0.4 is 0 Å². The summed E-state index contributed by atoms with van der Waals surface area (Å²) in [7, 11) is 0. The Balaban J connectivity index is 1.68. The van der Waals surface area contributed by atoms with Crippen molar-refractivity contribution >= 4 is 29.3 Å². The lowest BCUT2D eigenvalue weighted by Gasteiger charge is -2.31. The number of hydrogen-bond donors (Lipinski definition) is 0. The average molecular weight is 430 g/mol. The van der Waals surface area contributed by atoms with E-state index in [1.807, 2.05) is 43.3 Å². The second kappa shape index (κ2) is 8.76. The van der Waals surface area contributed by atoms with Crippen LogP contribution >= 0.6 is 23.4 Å². The molecule has 1 aliphatic rings. The van der Waals surface area contributed by atoms with Crippen LogP contribution in [0, 0.1) is 6.92 Å². The Bertz CT molecular complexity index is 852. The second-order valence-electron chi connectivity index (χ2n) is 6.63. The minimum atomic E-state index is -4.98. The lowest BCUT2D eigenvalue weighted by molar-refractivity contribution is -0.241. The number of alkyl halides is 3. The summed E-state index contributed by atoms with van der Waals surface area (Å²) in [6, 6.07) is 13.8. The molecule has 0 N–H and O–H groups in total. The molecule has 0 saturated carbocycles. The van der Waals surface area contributed by atoms with Crippen LogP contribution in [0.25, 0.3) is 0 Å². The van der Waals surface area contributed by atoms with Gasteiger partial charge in [0.15, 0.2) is 0 Å². The van der Waals surface area contributed by atoms with Crippen molar-refractivity contribution in [1.29, 1.82) is 0 Å². The molecule has 0 aliphatic carbocycles. The van der Waals surface area contributed by atoms with Crippen molar-refractivity contribution < 1.29 is 22.8 Å². The molecule has 0 spiro atoms. The monoisotopic (exact) mass is 429 g/mol. The van der Waals surface area contributed by atoms with Crippen molar-refractivity contribution in [3.8, 4) is 0 Å². The fourth-order valence-corrected chi connectivity index (χ4v) is 4.50. The van der Waals surface area contributed by atoms with E-state index in [0.29, 0.717) is 17.9 Å². The van der Waals surface area contributed by atoms with Crippen LogP contribution in [-0.2, 0) is 9.63 Å². The van der Waals surface area contributed by atoms with Crippen molar-refractivity contribution in [3.05, 3.63) is 58.6 Å². The molecule has 28 heavy (non-hydrogen) atoms. The van der Waals surface area contributed by atoms with Crippen LogP contribution in [0.4, 0.5) is 13.2 Å². The van der Waals surface area contributed by atoms with Gasteiger partial charge in [-0.15, -0.1) is 5.06 Å². The van der Waals surface area contributed by atoms with Crippen LogP contribution in [0.3, 0.4) is 0 Å². The predicted molar refractivity (Wildman–Crippen MR) is 102 cm³/mol. The minimum absolute atomic E-state index is 0.192. The molecule has 1 saturated heterocycles. The van der Waals surface area contributed by atoms with E-state index < -0.39 is 12.1 Å². The highest BCUT2D eigenvalue weighted by Gasteiger charge is 2.43. The van der Waals surface area contributed by atoms with E-state index >= 15 is 0 Å². The average Bonchev–Trinajstić information content (AvgIpc) is 2.64. The van der Waals surface area contributed by atoms with Crippen molar-refractivity contribution in [2.45, 2.75) is 41.7 Å². The highest BCUT2D eigenvalue weighted by molar-refractivity contribution is 7.99. The van der Waals surface area contributed by atoms with Crippen LogP contribution in [0.15, 0.2) is 52.3 Å². The number of piperidine rings is 1. The third-order valence-corrected chi connectivity index (χ3v) is 6.12. The maximum atomic E-state index is 12.4. The highest BCUT2D eigenvalue weighted by atomic mass is 35.5. The SMILES string of the molecule is Cc1cc(Cl)ccc1Sc1ccccc1C1CCN(OC(=O)C(F)(F)F)CC1. The molecule has 0 bridgehead atoms. The Kier molecular flexibility index (Phi) is 6.58.